The molecule has 10 heteroatoms. The molecule has 6 rings (SSSR count). The van der Waals surface area contributed by atoms with Gasteiger partial charge in [-0.1, -0.05) is 91.3 Å². The molecular weight excluding hydrogens is 653 g/mol. The molecule has 0 unspecified atom stereocenters. The molecule has 2 aliphatic rings. The first kappa shape index (κ1) is 34.9. The van der Waals surface area contributed by atoms with E-state index in [1.165, 1.54) is 12.0 Å². The van der Waals surface area contributed by atoms with Crippen LogP contribution in [-0.4, -0.2) is 72.3 Å². The van der Waals surface area contributed by atoms with Crippen LogP contribution >= 0.6 is 11.8 Å². The third-order valence-corrected chi connectivity index (χ3v) is 11.1. The summed E-state index contributed by atoms with van der Waals surface area (Å²) in [7, 11) is 4.64. The average molecular weight is 695 g/mol. The molecule has 3 atom stereocenters. The van der Waals surface area contributed by atoms with Crippen molar-refractivity contribution in [3.63, 3.8) is 0 Å². The van der Waals surface area contributed by atoms with Crippen LogP contribution in [0.2, 0.25) is 0 Å². The maximum absolute atomic E-state index is 15.2. The third-order valence-electron chi connectivity index (χ3n) is 9.62. The van der Waals surface area contributed by atoms with Crippen molar-refractivity contribution in [1.82, 2.24) is 9.80 Å². The molecule has 2 saturated heterocycles. The number of benzene rings is 4. The smallest absolute Gasteiger partial charge is 0.418 e. The Balaban J connectivity index is 1.48. The van der Waals surface area contributed by atoms with E-state index < -0.39 is 23.7 Å². The fourth-order valence-electron chi connectivity index (χ4n) is 7.23. The fourth-order valence-corrected chi connectivity index (χ4v) is 8.86. The molecule has 0 aromatic heterocycles. The molecule has 2 aliphatic heterocycles. The lowest BCUT2D eigenvalue weighted by Gasteiger charge is -2.45. The van der Waals surface area contributed by atoms with Crippen molar-refractivity contribution < 1.29 is 33.3 Å². The Morgan fingerprint density at radius 3 is 1.88 bits per heavy atom. The molecule has 2 fully saturated rings. The Bertz CT molecular complexity index is 1700. The van der Waals surface area contributed by atoms with Crippen LogP contribution in [-0.2, 0) is 26.4 Å². The lowest BCUT2D eigenvalue weighted by atomic mass is 9.74. The highest BCUT2D eigenvalue weighted by molar-refractivity contribution is 8.00. The van der Waals surface area contributed by atoms with Crippen molar-refractivity contribution in [2.75, 3.05) is 27.1 Å². The topological polar surface area (TPSA) is 94.6 Å². The van der Waals surface area contributed by atoms with Crippen molar-refractivity contribution in [3.8, 4) is 11.5 Å². The summed E-state index contributed by atoms with van der Waals surface area (Å²) >= 11 is 1.75. The van der Waals surface area contributed by atoms with Crippen molar-refractivity contribution in [3.05, 3.63) is 131 Å². The standard InChI is InChI=1S/C40H42N2O7S/c1-46-32-22-18-30(19-23-32)40(29-14-8-5-9-15-29,31-20-24-33(47-2)25-21-31)42-34-27-50-35(16-10-11-17-36(43)48-3)37(34)41(38(42)44)39(45)49-26-28-12-6-4-7-13-28/h4-9,12-15,18-25,34-35,37H,10-11,16-17,26-27H2,1-3H3/t34-,35-,37-/m0/s1. The van der Waals surface area contributed by atoms with Gasteiger partial charge in [0.25, 0.3) is 0 Å². The maximum Gasteiger partial charge on any atom is 0.418 e. The minimum atomic E-state index is -1.14. The molecule has 50 heavy (non-hydrogen) atoms. The van der Waals surface area contributed by atoms with E-state index in [2.05, 4.69) is 0 Å². The van der Waals surface area contributed by atoms with Gasteiger partial charge in [-0.15, -0.1) is 0 Å². The van der Waals surface area contributed by atoms with Crippen molar-refractivity contribution in [2.24, 2.45) is 0 Å². The summed E-state index contributed by atoms with van der Waals surface area (Å²) in [6, 6.07) is 33.7. The highest BCUT2D eigenvalue weighted by atomic mass is 32.2. The predicted octanol–water partition coefficient (Wildman–Crippen LogP) is 7.66. The summed E-state index contributed by atoms with van der Waals surface area (Å²) in [5.74, 6) is 1.74. The summed E-state index contributed by atoms with van der Waals surface area (Å²) in [6.45, 7) is 0.0402. The molecule has 0 N–H and O–H groups in total. The molecule has 3 amide bonds. The Kier molecular flexibility index (Phi) is 11.0. The second-order valence-corrected chi connectivity index (χ2v) is 13.6. The molecular formula is C40H42N2O7S. The first-order chi connectivity index (χ1) is 24.4. The van der Waals surface area contributed by atoms with Gasteiger partial charge < -0.3 is 23.8 Å². The number of hydrogen-bond acceptors (Lipinski definition) is 8. The van der Waals surface area contributed by atoms with Crippen molar-refractivity contribution in [1.29, 1.82) is 0 Å². The highest BCUT2D eigenvalue weighted by Gasteiger charge is 2.62. The zero-order valence-corrected chi connectivity index (χ0v) is 29.3. The van der Waals surface area contributed by atoms with Crippen LogP contribution in [0.25, 0.3) is 0 Å². The summed E-state index contributed by atoms with van der Waals surface area (Å²) in [4.78, 5) is 44.5. The van der Waals surface area contributed by atoms with Crippen molar-refractivity contribution in [2.45, 2.75) is 55.2 Å². The van der Waals surface area contributed by atoms with Gasteiger partial charge in [0, 0.05) is 17.4 Å². The molecule has 0 radical (unpaired) electrons. The van der Waals surface area contributed by atoms with Crippen LogP contribution in [0.15, 0.2) is 109 Å². The second kappa shape index (κ2) is 15.7. The number of nitrogens with zero attached hydrogens (tertiary/aromatic N) is 2. The summed E-state index contributed by atoms with van der Waals surface area (Å²) in [6.07, 6.45) is 1.77. The second-order valence-electron chi connectivity index (χ2n) is 12.3. The average Bonchev–Trinajstić information content (AvgIpc) is 3.70. The number of amides is 3. The number of carbonyl (C=O) groups is 3. The Labute approximate surface area is 297 Å². The molecule has 0 spiro atoms. The number of ether oxygens (including phenoxy) is 4. The Morgan fingerprint density at radius 2 is 1.32 bits per heavy atom. The van der Waals surface area contributed by atoms with Gasteiger partial charge >= 0.3 is 18.1 Å². The van der Waals surface area contributed by atoms with E-state index in [0.717, 1.165) is 35.1 Å². The molecule has 0 bridgehead atoms. The number of esters is 1. The molecule has 0 saturated carbocycles. The van der Waals surface area contributed by atoms with Gasteiger partial charge in [0.2, 0.25) is 0 Å². The van der Waals surface area contributed by atoms with Crippen LogP contribution in [0.5, 0.6) is 11.5 Å². The van der Waals surface area contributed by atoms with E-state index in [1.807, 2.05) is 114 Å². The molecule has 4 aromatic carbocycles. The largest absolute Gasteiger partial charge is 0.497 e. The van der Waals surface area contributed by atoms with E-state index in [-0.39, 0.29) is 23.9 Å². The zero-order valence-electron chi connectivity index (χ0n) is 28.5. The number of rotatable bonds is 13. The first-order valence-corrected chi connectivity index (χ1v) is 17.8. The normalized spacial score (nSPS) is 18.5. The van der Waals surface area contributed by atoms with Crippen LogP contribution in [0.1, 0.15) is 47.9 Å². The number of imide groups is 1. The molecule has 0 aliphatic carbocycles. The third kappa shape index (κ3) is 6.76. The van der Waals surface area contributed by atoms with E-state index in [9.17, 15) is 9.59 Å². The van der Waals surface area contributed by atoms with Gasteiger partial charge in [-0.3, -0.25) is 4.79 Å². The van der Waals surface area contributed by atoms with Crippen LogP contribution in [0.3, 0.4) is 0 Å². The van der Waals surface area contributed by atoms with E-state index in [4.69, 9.17) is 18.9 Å². The Morgan fingerprint density at radius 1 is 0.760 bits per heavy atom. The lowest BCUT2D eigenvalue weighted by molar-refractivity contribution is -0.140. The number of thioether (sulfide) groups is 1. The SMILES string of the molecule is COC(=O)CCCC[C@@H]1SC[C@H]2[C@@H]1N(C(=O)OCc1ccccc1)C(=O)N2C(c1ccccc1)(c1ccc(OC)cc1)c1ccc(OC)cc1. The number of hydrogen-bond donors (Lipinski definition) is 0. The number of fused-ring (bicyclic) bond motifs is 1. The van der Waals surface area contributed by atoms with Crippen LogP contribution in [0, 0.1) is 0 Å². The first-order valence-electron chi connectivity index (χ1n) is 16.8. The molecule has 4 aromatic rings. The maximum atomic E-state index is 15.2. The van der Waals surface area contributed by atoms with Gasteiger partial charge in [0.15, 0.2) is 0 Å². The number of methoxy groups -OCH3 is 3. The minimum Gasteiger partial charge on any atom is -0.497 e. The number of urea groups is 1. The van der Waals surface area contributed by atoms with Crippen LogP contribution in [0.4, 0.5) is 9.59 Å². The Hall–Kier alpha value is -4.96. The zero-order chi connectivity index (χ0) is 35.1. The lowest BCUT2D eigenvalue weighted by Crippen LogP contribution is -2.54. The van der Waals surface area contributed by atoms with E-state index >= 15 is 4.79 Å². The fraction of sp³-hybridized carbons (Fsp3) is 0.325. The molecule has 260 valence electrons. The van der Waals surface area contributed by atoms with Gasteiger partial charge in [-0.25, -0.2) is 14.5 Å². The van der Waals surface area contributed by atoms with Crippen molar-refractivity contribution >= 4 is 29.9 Å². The van der Waals surface area contributed by atoms with Crippen LogP contribution < -0.4 is 9.47 Å². The summed E-state index contributed by atoms with van der Waals surface area (Å²) in [5, 5.41) is -0.0592. The van der Waals surface area contributed by atoms with E-state index in [0.29, 0.717) is 30.1 Å². The number of carbonyl (C=O) groups excluding carboxylic acids is 3. The highest BCUT2D eigenvalue weighted by Crippen LogP contribution is 2.52. The number of unbranched alkanes of at least 4 members (excludes halogenated alkanes) is 1. The van der Waals surface area contributed by atoms with Gasteiger partial charge in [-0.05, 0) is 59.4 Å². The summed E-state index contributed by atoms with van der Waals surface area (Å²) in [5.41, 5.74) is 2.24. The van der Waals surface area contributed by atoms with Gasteiger partial charge in [0.1, 0.15) is 23.6 Å². The van der Waals surface area contributed by atoms with Gasteiger partial charge in [0.05, 0.1) is 33.4 Å². The predicted molar refractivity (Wildman–Crippen MR) is 192 cm³/mol. The molecule has 9 nitrogen and oxygen atoms in total. The molecule has 2 heterocycles. The summed E-state index contributed by atoms with van der Waals surface area (Å²) < 4.78 is 21.8. The van der Waals surface area contributed by atoms with Gasteiger partial charge in [-0.2, -0.15) is 11.8 Å². The quantitative estimate of drug-likeness (QED) is 0.0610. The monoisotopic (exact) mass is 694 g/mol. The minimum absolute atomic E-state index is 0.0402. The van der Waals surface area contributed by atoms with E-state index in [1.54, 1.807) is 26.0 Å².